The van der Waals surface area contributed by atoms with Crippen LogP contribution in [0.3, 0.4) is 0 Å². The van der Waals surface area contributed by atoms with Gasteiger partial charge in [-0.15, -0.1) is 0 Å². The van der Waals surface area contributed by atoms with Crippen molar-refractivity contribution >= 4 is 5.97 Å². The summed E-state index contributed by atoms with van der Waals surface area (Å²) in [6, 6.07) is 10.7. The minimum atomic E-state index is -4.37. The number of benzene rings is 2. The molecule has 0 amide bonds. The molecule has 1 N–H and O–H groups in total. The van der Waals surface area contributed by atoms with Crippen LogP contribution in [0.4, 0.5) is 13.2 Å². The SMILES string of the molecule is CC(c1cc(C2CC2)ccc1C(F)(F)F)N1CCC2(CCc3ccc(C(C4CC4)[C@H](C)C(=O)O)cc3O2)CC1. The van der Waals surface area contributed by atoms with Gasteiger partial charge in [-0.1, -0.05) is 31.2 Å². The highest BCUT2D eigenvalue weighted by molar-refractivity contribution is 5.71. The molecule has 0 aromatic heterocycles. The molecule has 0 bridgehead atoms. The Morgan fingerprint density at radius 3 is 2.36 bits per heavy atom. The van der Waals surface area contributed by atoms with Crippen molar-refractivity contribution < 1.29 is 27.8 Å². The number of aryl methyl sites for hydroxylation is 1. The zero-order valence-corrected chi connectivity index (χ0v) is 22.8. The zero-order chi connectivity index (χ0) is 27.5. The third-order valence-electron chi connectivity index (χ3n) is 9.85. The van der Waals surface area contributed by atoms with E-state index in [1.54, 1.807) is 19.1 Å². The highest BCUT2D eigenvalue weighted by Gasteiger charge is 2.43. The summed E-state index contributed by atoms with van der Waals surface area (Å²) in [5.74, 6) is 0.460. The smallest absolute Gasteiger partial charge is 0.416 e. The fourth-order valence-electron chi connectivity index (χ4n) is 7.03. The van der Waals surface area contributed by atoms with Crippen LogP contribution >= 0.6 is 0 Å². The van der Waals surface area contributed by atoms with Crippen molar-refractivity contribution in [2.24, 2.45) is 11.8 Å². The average molecular weight is 542 g/mol. The van der Waals surface area contributed by atoms with E-state index in [4.69, 9.17) is 4.74 Å². The first-order valence-electron chi connectivity index (χ1n) is 14.5. The second kappa shape index (κ2) is 9.83. The first-order valence-corrected chi connectivity index (χ1v) is 14.5. The Labute approximate surface area is 228 Å². The number of hydrogen-bond donors (Lipinski definition) is 1. The number of aliphatic carboxylic acids is 1. The molecule has 2 heterocycles. The van der Waals surface area contributed by atoms with Crippen molar-refractivity contribution in [2.45, 2.75) is 94.9 Å². The number of rotatable bonds is 7. The van der Waals surface area contributed by atoms with Crippen LogP contribution in [0.1, 0.15) is 104 Å². The maximum absolute atomic E-state index is 13.9. The summed E-state index contributed by atoms with van der Waals surface area (Å²) in [5.41, 5.74) is 2.78. The number of alkyl halides is 3. The normalized spacial score (nSPS) is 23.5. The van der Waals surface area contributed by atoms with Crippen molar-refractivity contribution in [1.29, 1.82) is 0 Å². The molecule has 2 aliphatic heterocycles. The lowest BCUT2D eigenvalue weighted by Crippen LogP contribution is -2.50. The molecule has 2 aromatic carbocycles. The van der Waals surface area contributed by atoms with Gasteiger partial charge in [0.05, 0.1) is 11.5 Å². The van der Waals surface area contributed by atoms with Gasteiger partial charge >= 0.3 is 12.1 Å². The number of carboxylic acids is 1. The molecule has 2 saturated carbocycles. The van der Waals surface area contributed by atoms with E-state index in [0.29, 0.717) is 30.5 Å². The number of ether oxygens (including phenoxy) is 1. The molecule has 7 heteroatoms. The van der Waals surface area contributed by atoms with Gasteiger partial charge in [0.15, 0.2) is 0 Å². The van der Waals surface area contributed by atoms with Crippen LogP contribution in [0, 0.1) is 11.8 Å². The lowest BCUT2D eigenvalue weighted by molar-refractivity contribution is -0.142. The molecule has 6 rings (SSSR count). The maximum Gasteiger partial charge on any atom is 0.416 e. The molecule has 2 unspecified atom stereocenters. The van der Waals surface area contributed by atoms with Gasteiger partial charge in [0.25, 0.3) is 0 Å². The van der Waals surface area contributed by atoms with Crippen LogP contribution in [0.25, 0.3) is 0 Å². The van der Waals surface area contributed by atoms with Crippen molar-refractivity contribution in [3.63, 3.8) is 0 Å². The predicted molar refractivity (Wildman–Crippen MR) is 143 cm³/mol. The number of carbonyl (C=O) groups is 1. The summed E-state index contributed by atoms with van der Waals surface area (Å²) in [6.07, 6.45) is 3.21. The Bertz CT molecular complexity index is 1240. The first kappa shape index (κ1) is 26.7. The van der Waals surface area contributed by atoms with Crippen molar-refractivity contribution in [3.05, 3.63) is 64.2 Å². The lowest BCUT2D eigenvalue weighted by atomic mass is 9.80. The van der Waals surface area contributed by atoms with Gasteiger partial charge in [0, 0.05) is 19.1 Å². The Balaban J connectivity index is 1.18. The van der Waals surface area contributed by atoms with Crippen molar-refractivity contribution in [1.82, 2.24) is 4.90 Å². The molecular formula is C32H38F3NO3. The first-order chi connectivity index (χ1) is 18.5. The molecule has 0 radical (unpaired) electrons. The Kier molecular flexibility index (Phi) is 6.72. The van der Waals surface area contributed by atoms with Crippen molar-refractivity contribution in [3.8, 4) is 5.75 Å². The van der Waals surface area contributed by atoms with E-state index in [2.05, 4.69) is 23.1 Å². The molecule has 2 aliphatic carbocycles. The van der Waals surface area contributed by atoms with E-state index in [0.717, 1.165) is 73.8 Å². The number of nitrogens with zero attached hydrogens (tertiary/aromatic N) is 1. The molecule has 1 saturated heterocycles. The summed E-state index contributed by atoms with van der Waals surface area (Å²) >= 11 is 0. The molecule has 3 fully saturated rings. The summed E-state index contributed by atoms with van der Waals surface area (Å²) in [5, 5.41) is 9.69. The number of likely N-dealkylation sites (tertiary alicyclic amines) is 1. The van der Waals surface area contributed by atoms with E-state index in [-0.39, 0.29) is 17.6 Å². The van der Waals surface area contributed by atoms with Crippen LogP contribution in [0.15, 0.2) is 36.4 Å². The minimum absolute atomic E-state index is 0.00814. The summed E-state index contributed by atoms with van der Waals surface area (Å²) < 4.78 is 48.5. The van der Waals surface area contributed by atoms with Crippen LogP contribution in [-0.2, 0) is 17.4 Å². The van der Waals surface area contributed by atoms with Crippen LogP contribution in [-0.4, -0.2) is 34.7 Å². The van der Waals surface area contributed by atoms with Gasteiger partial charge in [-0.05, 0) is 110 Å². The van der Waals surface area contributed by atoms with Gasteiger partial charge in [0.1, 0.15) is 11.4 Å². The molecule has 39 heavy (non-hydrogen) atoms. The fourth-order valence-corrected chi connectivity index (χ4v) is 7.03. The molecule has 210 valence electrons. The quantitative estimate of drug-likeness (QED) is 0.390. The highest BCUT2D eigenvalue weighted by Crippen LogP contribution is 2.49. The Hall–Kier alpha value is -2.54. The summed E-state index contributed by atoms with van der Waals surface area (Å²) in [6.45, 7) is 5.07. The number of fused-ring (bicyclic) bond motifs is 1. The van der Waals surface area contributed by atoms with Gasteiger partial charge in [-0.25, -0.2) is 0 Å². The van der Waals surface area contributed by atoms with Crippen molar-refractivity contribution in [2.75, 3.05) is 13.1 Å². The van der Waals surface area contributed by atoms with E-state index < -0.39 is 23.6 Å². The van der Waals surface area contributed by atoms with E-state index in [1.165, 1.54) is 6.07 Å². The standard InChI is InChI=1S/C32H38F3NO3/c1-19(30(37)38)29(23-6-7-23)25-8-5-22-11-12-31(39-28(22)18-25)13-15-36(16-14-31)20(2)26-17-24(21-3-4-21)9-10-27(26)32(33,34)35/h5,8-10,17-21,23,29H,3-4,6-7,11-16H2,1-2H3,(H,37,38)/t19-,20?,29?/m0/s1. The van der Waals surface area contributed by atoms with E-state index in [1.807, 2.05) is 6.92 Å². The molecule has 4 aliphatic rings. The number of carboxylic acid groups (broad SMARTS) is 1. The van der Waals surface area contributed by atoms with Gasteiger partial charge in [-0.2, -0.15) is 13.2 Å². The number of piperidine rings is 1. The molecule has 2 aromatic rings. The lowest BCUT2D eigenvalue weighted by Gasteiger charge is -2.46. The summed E-state index contributed by atoms with van der Waals surface area (Å²) in [7, 11) is 0. The average Bonchev–Trinajstić information content (AvgIpc) is 3.82. The number of halogens is 3. The largest absolute Gasteiger partial charge is 0.487 e. The summed E-state index contributed by atoms with van der Waals surface area (Å²) in [4.78, 5) is 14.0. The minimum Gasteiger partial charge on any atom is -0.487 e. The second-order valence-electron chi connectivity index (χ2n) is 12.5. The molecule has 1 spiro atoms. The molecular weight excluding hydrogens is 503 g/mol. The Morgan fingerprint density at radius 2 is 1.74 bits per heavy atom. The predicted octanol–water partition coefficient (Wildman–Crippen LogP) is 7.72. The van der Waals surface area contributed by atoms with Gasteiger partial charge in [0.2, 0.25) is 0 Å². The van der Waals surface area contributed by atoms with Crippen LogP contribution < -0.4 is 4.74 Å². The van der Waals surface area contributed by atoms with Crippen LogP contribution in [0.2, 0.25) is 0 Å². The van der Waals surface area contributed by atoms with E-state index in [9.17, 15) is 23.1 Å². The maximum atomic E-state index is 13.9. The van der Waals surface area contributed by atoms with Crippen LogP contribution in [0.5, 0.6) is 5.75 Å². The Morgan fingerprint density at radius 1 is 1.03 bits per heavy atom. The van der Waals surface area contributed by atoms with Gasteiger partial charge < -0.3 is 9.84 Å². The highest BCUT2D eigenvalue weighted by atomic mass is 19.4. The third-order valence-corrected chi connectivity index (χ3v) is 9.85. The third kappa shape index (κ3) is 5.31. The fraction of sp³-hybridized carbons (Fsp3) is 0.594. The number of hydrogen-bond acceptors (Lipinski definition) is 3. The molecule has 3 atom stereocenters. The second-order valence-corrected chi connectivity index (χ2v) is 12.5. The van der Waals surface area contributed by atoms with E-state index >= 15 is 0 Å². The van der Waals surface area contributed by atoms with Gasteiger partial charge in [-0.3, -0.25) is 9.69 Å². The zero-order valence-electron chi connectivity index (χ0n) is 22.8. The molecule has 4 nitrogen and oxygen atoms in total. The topological polar surface area (TPSA) is 49.8 Å². The monoisotopic (exact) mass is 541 g/mol.